The molecule has 31 heavy (non-hydrogen) atoms. The lowest BCUT2D eigenvalue weighted by molar-refractivity contribution is -0.129. The lowest BCUT2D eigenvalue weighted by Crippen LogP contribution is -2.32. The maximum Gasteiger partial charge on any atom is 0.290 e. The van der Waals surface area contributed by atoms with Crippen molar-refractivity contribution < 1.29 is 19.4 Å². The van der Waals surface area contributed by atoms with E-state index in [0.29, 0.717) is 25.3 Å². The number of amides is 1. The number of hydrogen-bond donors (Lipinski definition) is 1. The van der Waals surface area contributed by atoms with E-state index < -0.39 is 17.7 Å². The number of carbonyl (C=O) groups excluding carboxylic acids is 2. The summed E-state index contributed by atoms with van der Waals surface area (Å²) in [4.78, 5) is 27.8. The van der Waals surface area contributed by atoms with Gasteiger partial charge in [0.1, 0.15) is 5.75 Å². The molecule has 5 heteroatoms. The van der Waals surface area contributed by atoms with E-state index in [1.165, 1.54) is 0 Å². The van der Waals surface area contributed by atoms with Gasteiger partial charge < -0.3 is 14.7 Å². The maximum atomic E-state index is 13.2. The molecule has 1 aliphatic rings. The summed E-state index contributed by atoms with van der Waals surface area (Å²) < 4.78 is 5.63. The topological polar surface area (TPSA) is 66.8 Å². The smallest absolute Gasteiger partial charge is 0.290 e. The van der Waals surface area contributed by atoms with E-state index in [1.807, 2.05) is 61.5 Å². The molecule has 0 spiro atoms. The predicted octanol–water partition coefficient (Wildman–Crippen LogP) is 5.17. The Morgan fingerprint density at radius 3 is 2.55 bits per heavy atom. The van der Waals surface area contributed by atoms with Crippen LogP contribution < -0.4 is 4.74 Å². The van der Waals surface area contributed by atoms with Gasteiger partial charge in [-0.15, -0.1) is 0 Å². The van der Waals surface area contributed by atoms with E-state index in [0.717, 1.165) is 30.4 Å². The molecule has 1 N–H and O–H groups in total. The average Bonchev–Trinajstić information content (AvgIpc) is 3.04. The van der Waals surface area contributed by atoms with Crippen molar-refractivity contribution in [2.24, 2.45) is 0 Å². The first-order valence-corrected chi connectivity index (χ1v) is 11.1. The quantitative estimate of drug-likeness (QED) is 0.508. The van der Waals surface area contributed by atoms with Crippen LogP contribution in [0.2, 0.25) is 0 Å². The summed E-state index contributed by atoms with van der Waals surface area (Å²) in [6.45, 7) is 5.03. The van der Waals surface area contributed by atoms with Crippen LogP contribution in [0.15, 0.2) is 65.9 Å². The second-order valence-electron chi connectivity index (χ2n) is 7.78. The molecule has 0 aromatic heterocycles. The number of aliphatic hydroxyl groups excluding tert-OH is 1. The van der Waals surface area contributed by atoms with Gasteiger partial charge in [-0.2, -0.15) is 0 Å². The van der Waals surface area contributed by atoms with E-state index in [2.05, 4.69) is 6.92 Å². The monoisotopic (exact) mass is 421 g/mol. The van der Waals surface area contributed by atoms with Crippen molar-refractivity contribution in [3.63, 3.8) is 0 Å². The van der Waals surface area contributed by atoms with Gasteiger partial charge in [-0.05, 0) is 43.0 Å². The molecule has 5 nitrogen and oxygen atoms in total. The van der Waals surface area contributed by atoms with Gasteiger partial charge in [0.15, 0.2) is 11.5 Å². The van der Waals surface area contributed by atoms with Crippen LogP contribution in [0.3, 0.4) is 0 Å². The molecule has 1 heterocycles. The highest BCUT2D eigenvalue weighted by Gasteiger charge is 2.42. The Labute approximate surface area is 184 Å². The van der Waals surface area contributed by atoms with E-state index in [-0.39, 0.29) is 17.8 Å². The zero-order chi connectivity index (χ0) is 22.2. The third kappa shape index (κ3) is 5.35. The average molecular weight is 422 g/mol. The van der Waals surface area contributed by atoms with Gasteiger partial charge in [0.05, 0.1) is 18.2 Å². The van der Waals surface area contributed by atoms with Crippen LogP contribution in [0.25, 0.3) is 0 Å². The molecular formula is C26H31NO4. The maximum absolute atomic E-state index is 13.2. The second kappa shape index (κ2) is 10.8. The van der Waals surface area contributed by atoms with Gasteiger partial charge in [-0.3, -0.25) is 9.59 Å². The number of unbranched alkanes of at least 4 members (excludes halogenated alkanes) is 2. The molecule has 1 atom stereocenters. The van der Waals surface area contributed by atoms with Crippen molar-refractivity contribution in [3.8, 4) is 5.75 Å². The molecule has 0 saturated heterocycles. The summed E-state index contributed by atoms with van der Waals surface area (Å²) in [6, 6.07) is 16.6. The SMILES string of the molecule is CCCCCN1C(=O)C(O)=C(C(=O)CCc2ccccc2)C1c1cccc(OCC)c1. The van der Waals surface area contributed by atoms with Gasteiger partial charge in [-0.1, -0.05) is 62.2 Å². The number of Topliss-reactive ketones (excluding diaryl/α,β-unsaturated/α-hetero) is 1. The number of aliphatic hydroxyl groups is 1. The highest BCUT2D eigenvalue weighted by Crippen LogP contribution is 2.39. The minimum atomic E-state index is -0.590. The third-order valence-electron chi connectivity index (χ3n) is 5.58. The summed E-state index contributed by atoms with van der Waals surface area (Å²) in [5, 5.41) is 10.7. The highest BCUT2D eigenvalue weighted by molar-refractivity contribution is 6.09. The first-order chi connectivity index (χ1) is 15.1. The minimum Gasteiger partial charge on any atom is -0.503 e. The molecule has 2 aromatic rings. The van der Waals surface area contributed by atoms with Gasteiger partial charge in [0.2, 0.25) is 0 Å². The largest absolute Gasteiger partial charge is 0.503 e. The van der Waals surface area contributed by atoms with E-state index >= 15 is 0 Å². The molecule has 1 aliphatic heterocycles. The van der Waals surface area contributed by atoms with E-state index in [9.17, 15) is 14.7 Å². The molecule has 0 bridgehead atoms. The van der Waals surface area contributed by atoms with E-state index in [4.69, 9.17) is 4.74 Å². The first-order valence-electron chi connectivity index (χ1n) is 11.1. The van der Waals surface area contributed by atoms with Crippen LogP contribution in [0.5, 0.6) is 5.75 Å². The third-order valence-corrected chi connectivity index (χ3v) is 5.58. The highest BCUT2D eigenvalue weighted by atomic mass is 16.5. The molecule has 164 valence electrons. The fourth-order valence-electron chi connectivity index (χ4n) is 4.03. The van der Waals surface area contributed by atoms with Crippen molar-refractivity contribution in [3.05, 3.63) is 77.1 Å². The first kappa shape index (κ1) is 22.6. The second-order valence-corrected chi connectivity index (χ2v) is 7.78. The van der Waals surface area contributed by atoms with Gasteiger partial charge >= 0.3 is 0 Å². The summed E-state index contributed by atoms with van der Waals surface area (Å²) in [5.74, 6) is -0.393. The standard InChI is InChI=1S/C26H31NO4/c1-3-5-9-17-27-24(20-13-10-14-21(18-20)31-4-2)23(25(29)26(27)30)22(28)16-15-19-11-7-6-8-12-19/h6-8,10-14,18,24,29H,3-5,9,15-17H2,1-2H3. The van der Waals surface area contributed by atoms with Crippen molar-refractivity contribution in [1.82, 2.24) is 4.90 Å². The zero-order valence-electron chi connectivity index (χ0n) is 18.3. The summed E-state index contributed by atoms with van der Waals surface area (Å²) >= 11 is 0. The Morgan fingerprint density at radius 1 is 1.06 bits per heavy atom. The number of ether oxygens (including phenoxy) is 1. The molecular weight excluding hydrogens is 390 g/mol. The number of benzene rings is 2. The number of aryl methyl sites for hydroxylation is 1. The fraction of sp³-hybridized carbons (Fsp3) is 0.385. The molecule has 3 rings (SSSR count). The zero-order valence-corrected chi connectivity index (χ0v) is 18.3. The van der Waals surface area contributed by atoms with Crippen LogP contribution in [0.4, 0.5) is 0 Å². The fourth-order valence-corrected chi connectivity index (χ4v) is 4.03. The number of carbonyl (C=O) groups is 2. The van der Waals surface area contributed by atoms with Crippen LogP contribution in [0, 0.1) is 0 Å². The van der Waals surface area contributed by atoms with Crippen molar-refractivity contribution in [2.45, 2.75) is 52.0 Å². The Hall–Kier alpha value is -3.08. The van der Waals surface area contributed by atoms with Crippen molar-refractivity contribution in [1.29, 1.82) is 0 Å². The molecule has 0 radical (unpaired) electrons. The summed E-state index contributed by atoms with van der Waals surface area (Å²) in [5.41, 5.74) is 2.03. The lowest BCUT2D eigenvalue weighted by Gasteiger charge is -2.27. The number of hydrogen-bond acceptors (Lipinski definition) is 4. The van der Waals surface area contributed by atoms with Crippen molar-refractivity contribution in [2.75, 3.05) is 13.2 Å². The molecule has 0 fully saturated rings. The Morgan fingerprint density at radius 2 is 1.84 bits per heavy atom. The molecule has 1 amide bonds. The Bertz CT molecular complexity index is 935. The van der Waals surface area contributed by atoms with Crippen LogP contribution in [0.1, 0.15) is 56.7 Å². The van der Waals surface area contributed by atoms with E-state index in [1.54, 1.807) is 4.90 Å². The minimum absolute atomic E-state index is 0.195. The summed E-state index contributed by atoms with van der Waals surface area (Å²) in [7, 11) is 0. The lowest BCUT2D eigenvalue weighted by atomic mass is 9.93. The number of nitrogens with zero attached hydrogens (tertiary/aromatic N) is 1. The van der Waals surface area contributed by atoms with Gasteiger partial charge in [-0.25, -0.2) is 0 Å². The van der Waals surface area contributed by atoms with Crippen LogP contribution in [-0.4, -0.2) is 34.8 Å². The molecule has 1 unspecified atom stereocenters. The Kier molecular flexibility index (Phi) is 7.88. The molecule has 2 aromatic carbocycles. The predicted molar refractivity (Wildman–Crippen MR) is 121 cm³/mol. The van der Waals surface area contributed by atoms with Crippen molar-refractivity contribution >= 4 is 11.7 Å². The number of rotatable bonds is 11. The van der Waals surface area contributed by atoms with Crippen LogP contribution >= 0.6 is 0 Å². The molecule has 0 aliphatic carbocycles. The normalized spacial score (nSPS) is 16.1. The van der Waals surface area contributed by atoms with Gasteiger partial charge in [0.25, 0.3) is 5.91 Å². The summed E-state index contributed by atoms with van der Waals surface area (Å²) in [6.07, 6.45) is 3.62. The van der Waals surface area contributed by atoms with Crippen LogP contribution in [-0.2, 0) is 16.0 Å². The number of ketones is 1. The molecule has 0 saturated carbocycles. The van der Waals surface area contributed by atoms with Gasteiger partial charge in [0, 0.05) is 13.0 Å². The Balaban J connectivity index is 1.90.